The summed E-state index contributed by atoms with van der Waals surface area (Å²) in [5, 5.41) is 0. The molecule has 1 heterocycles. The monoisotopic (exact) mass is 352 g/mol. The van der Waals surface area contributed by atoms with E-state index in [1.165, 1.54) is 29.1 Å². The molecule has 0 radical (unpaired) electrons. The van der Waals surface area contributed by atoms with Gasteiger partial charge in [0, 0.05) is 17.6 Å². The zero-order chi connectivity index (χ0) is 17.0. The Morgan fingerprint density at radius 1 is 1.13 bits per heavy atom. The Morgan fingerprint density at radius 2 is 1.78 bits per heavy atom. The average molecular weight is 353 g/mol. The fourth-order valence-electron chi connectivity index (χ4n) is 2.30. The van der Waals surface area contributed by atoms with Gasteiger partial charge in [-0.25, -0.2) is 0 Å². The maximum absolute atomic E-state index is 12.5. The van der Waals surface area contributed by atoms with Gasteiger partial charge < -0.3 is 4.57 Å². The lowest BCUT2D eigenvalue weighted by Crippen LogP contribution is -2.14. The number of nitrogens with zero attached hydrogens (tertiary/aromatic N) is 2. The molecule has 0 bridgehead atoms. The first kappa shape index (κ1) is 17.9. The highest BCUT2D eigenvalue weighted by Crippen LogP contribution is 2.17. The van der Waals surface area contributed by atoms with Gasteiger partial charge in [0.2, 0.25) is 4.80 Å². The molecule has 4 nitrogen and oxygen atoms in total. The van der Waals surface area contributed by atoms with Crippen molar-refractivity contribution in [1.29, 1.82) is 0 Å². The van der Waals surface area contributed by atoms with Crippen molar-refractivity contribution in [2.45, 2.75) is 51.3 Å². The topological polar surface area (TPSA) is 51.4 Å². The minimum absolute atomic E-state index is 0.238. The van der Waals surface area contributed by atoms with E-state index >= 15 is 0 Å². The van der Waals surface area contributed by atoms with E-state index in [1.807, 2.05) is 25.5 Å². The van der Waals surface area contributed by atoms with Crippen LogP contribution in [0.15, 0.2) is 33.6 Å². The number of rotatable bonds is 6. The molecule has 0 saturated carbocycles. The summed E-state index contributed by atoms with van der Waals surface area (Å²) in [7, 11) is -1.79. The molecule has 1 aromatic carbocycles. The SMILES string of the molecule is CCCCCc1sc(=NS(=O)(=O)c2ccc(C)cc2)n(C)c1C. The van der Waals surface area contributed by atoms with Crippen molar-refractivity contribution in [2.24, 2.45) is 11.4 Å². The van der Waals surface area contributed by atoms with Crippen molar-refractivity contribution in [3.63, 3.8) is 0 Å². The van der Waals surface area contributed by atoms with Gasteiger partial charge in [-0.05, 0) is 38.8 Å². The van der Waals surface area contributed by atoms with Crippen LogP contribution in [0.25, 0.3) is 0 Å². The predicted octanol–water partition coefficient (Wildman–Crippen LogP) is 3.73. The van der Waals surface area contributed by atoms with Crippen LogP contribution in [0, 0.1) is 13.8 Å². The first-order valence-corrected chi connectivity index (χ1v) is 10.1. The zero-order valence-electron chi connectivity index (χ0n) is 14.2. The number of aromatic nitrogens is 1. The molecule has 0 aliphatic carbocycles. The number of hydrogen-bond acceptors (Lipinski definition) is 3. The van der Waals surface area contributed by atoms with Crippen LogP contribution in [0.2, 0.25) is 0 Å². The first-order chi connectivity index (χ1) is 10.8. The molecule has 0 aliphatic heterocycles. The summed E-state index contributed by atoms with van der Waals surface area (Å²) in [5.41, 5.74) is 2.13. The van der Waals surface area contributed by atoms with Gasteiger partial charge in [0.1, 0.15) is 0 Å². The highest BCUT2D eigenvalue weighted by atomic mass is 32.2. The van der Waals surface area contributed by atoms with Crippen LogP contribution < -0.4 is 4.80 Å². The molecule has 0 fully saturated rings. The van der Waals surface area contributed by atoms with Gasteiger partial charge in [-0.15, -0.1) is 15.7 Å². The van der Waals surface area contributed by atoms with Gasteiger partial charge in [0.15, 0.2) is 0 Å². The number of benzene rings is 1. The van der Waals surface area contributed by atoms with Crippen LogP contribution in [0.5, 0.6) is 0 Å². The quantitative estimate of drug-likeness (QED) is 0.744. The number of hydrogen-bond donors (Lipinski definition) is 0. The van der Waals surface area contributed by atoms with E-state index in [4.69, 9.17) is 0 Å². The van der Waals surface area contributed by atoms with Crippen LogP contribution in [-0.2, 0) is 23.5 Å². The lowest BCUT2D eigenvalue weighted by molar-refractivity contribution is 0.596. The van der Waals surface area contributed by atoms with Gasteiger partial charge in [-0.3, -0.25) is 0 Å². The van der Waals surface area contributed by atoms with Crippen LogP contribution >= 0.6 is 11.3 Å². The second-order valence-corrected chi connectivity index (χ2v) is 8.45. The van der Waals surface area contributed by atoms with E-state index in [1.54, 1.807) is 24.3 Å². The van der Waals surface area contributed by atoms with E-state index in [9.17, 15) is 8.42 Å². The maximum atomic E-state index is 12.5. The predicted molar refractivity (Wildman–Crippen MR) is 95.2 cm³/mol. The first-order valence-electron chi connectivity index (χ1n) is 7.88. The molecular formula is C17H24N2O2S2. The highest BCUT2D eigenvalue weighted by Gasteiger charge is 2.14. The largest absolute Gasteiger partial charge is 0.323 e. The van der Waals surface area contributed by atoms with Gasteiger partial charge >= 0.3 is 0 Å². The number of thiazole rings is 1. The molecule has 0 N–H and O–H groups in total. The summed E-state index contributed by atoms with van der Waals surface area (Å²) >= 11 is 1.48. The summed E-state index contributed by atoms with van der Waals surface area (Å²) < 4.78 is 30.9. The molecule has 0 saturated heterocycles. The van der Waals surface area contributed by atoms with Crippen molar-refractivity contribution in [3.8, 4) is 0 Å². The summed E-state index contributed by atoms with van der Waals surface area (Å²) in [5.74, 6) is 0. The summed E-state index contributed by atoms with van der Waals surface area (Å²) in [6.07, 6.45) is 4.48. The van der Waals surface area contributed by atoms with Crippen molar-refractivity contribution in [3.05, 3.63) is 45.2 Å². The van der Waals surface area contributed by atoms with E-state index in [-0.39, 0.29) is 4.90 Å². The Balaban J connectivity index is 2.38. The smallest absolute Gasteiger partial charge is 0.285 e. The molecule has 0 unspecified atom stereocenters. The second-order valence-electron chi connectivity index (χ2n) is 5.79. The van der Waals surface area contributed by atoms with E-state index in [2.05, 4.69) is 11.3 Å². The van der Waals surface area contributed by atoms with Crippen LogP contribution in [-0.4, -0.2) is 13.0 Å². The molecule has 126 valence electrons. The third kappa shape index (κ3) is 4.32. The van der Waals surface area contributed by atoms with Crippen molar-refractivity contribution in [2.75, 3.05) is 0 Å². The Kier molecular flexibility index (Phi) is 5.81. The molecular weight excluding hydrogens is 328 g/mol. The van der Waals surface area contributed by atoms with Gasteiger partial charge in [0.05, 0.1) is 4.90 Å². The molecule has 0 amide bonds. The fraction of sp³-hybridized carbons (Fsp3) is 0.471. The van der Waals surface area contributed by atoms with Crippen molar-refractivity contribution in [1.82, 2.24) is 4.57 Å². The minimum Gasteiger partial charge on any atom is -0.323 e. The van der Waals surface area contributed by atoms with Gasteiger partial charge in [0.25, 0.3) is 10.0 Å². The lowest BCUT2D eigenvalue weighted by Gasteiger charge is -2.00. The van der Waals surface area contributed by atoms with E-state index in [0.717, 1.165) is 24.1 Å². The molecule has 0 spiro atoms. The number of sulfonamides is 1. The molecule has 6 heteroatoms. The highest BCUT2D eigenvalue weighted by molar-refractivity contribution is 7.90. The molecule has 23 heavy (non-hydrogen) atoms. The van der Waals surface area contributed by atoms with Crippen LogP contribution in [0.4, 0.5) is 0 Å². The molecule has 0 atom stereocenters. The summed E-state index contributed by atoms with van der Waals surface area (Å²) in [4.78, 5) is 2.00. The second kappa shape index (κ2) is 7.45. The average Bonchev–Trinajstić information content (AvgIpc) is 2.76. The Labute approximate surface area is 142 Å². The summed E-state index contributed by atoms with van der Waals surface area (Å²) in [6, 6.07) is 6.80. The van der Waals surface area contributed by atoms with Crippen LogP contribution in [0.3, 0.4) is 0 Å². The third-order valence-corrected chi connectivity index (χ3v) is 6.62. The Morgan fingerprint density at radius 3 is 2.39 bits per heavy atom. The summed E-state index contributed by atoms with van der Waals surface area (Å²) in [6.45, 7) is 6.13. The standard InChI is InChI=1S/C17H24N2O2S2/c1-5-6-7-8-16-14(3)19(4)17(22-16)18-23(20,21)15-11-9-13(2)10-12-15/h9-12H,5-8H2,1-4H3. The normalized spacial score (nSPS) is 12.8. The molecule has 0 aliphatic rings. The third-order valence-electron chi connectivity index (χ3n) is 3.93. The van der Waals surface area contributed by atoms with Crippen LogP contribution in [0.1, 0.15) is 42.3 Å². The van der Waals surface area contributed by atoms with Gasteiger partial charge in [-0.1, -0.05) is 37.5 Å². The fourth-order valence-corrected chi connectivity index (χ4v) is 4.68. The van der Waals surface area contributed by atoms with Crippen molar-refractivity contribution < 1.29 is 8.42 Å². The molecule has 2 rings (SSSR count). The van der Waals surface area contributed by atoms with Gasteiger partial charge in [-0.2, -0.15) is 8.42 Å². The molecule has 2 aromatic rings. The number of unbranched alkanes of at least 4 members (excludes halogenated alkanes) is 2. The number of aryl methyl sites for hydroxylation is 2. The van der Waals surface area contributed by atoms with Crippen molar-refractivity contribution >= 4 is 21.4 Å². The van der Waals surface area contributed by atoms with E-state index < -0.39 is 10.0 Å². The maximum Gasteiger partial charge on any atom is 0.285 e. The van der Waals surface area contributed by atoms with E-state index in [0.29, 0.717) is 4.80 Å². The molecule has 1 aromatic heterocycles. The Hall–Kier alpha value is -1.40. The Bertz CT molecular complexity index is 828. The minimum atomic E-state index is -3.67. The lowest BCUT2D eigenvalue weighted by atomic mass is 10.2. The zero-order valence-corrected chi connectivity index (χ0v) is 15.8.